The summed E-state index contributed by atoms with van der Waals surface area (Å²) in [7, 11) is 3.71. The molecule has 32 heteroatoms. The van der Waals surface area contributed by atoms with Crippen molar-refractivity contribution in [2.75, 3.05) is 0 Å². The van der Waals surface area contributed by atoms with Crippen molar-refractivity contribution in [3.8, 4) is 33.9 Å². The fourth-order valence-corrected chi connectivity index (χ4v) is 16.1. The molecular formula is C80H68F3N25O4. The SMILES string of the molecule is CCn1cc(C2(c3noc(C)n3)N[C@@H](c3ncc(-c4ccc(F)cn4)[nH]3)Cc3c2[nH]c2ccccc32)cn1.Cc1nc(C2(c3cnn(C)c3)N[C@@H](c3ncc(-c4ccc(F)cc4)[nH]3)Cc3c2[nH]c2ccccc32)no1.Cn1cc(C2(c3n[nH]c(=O)o3)N[C@@H](c3ncc(-c4ccc(F)cc4)[nH]3)Cc3c2[nH]c2ccccc32)cn1. The molecule has 10 N–H and O–H groups in total. The fourth-order valence-electron chi connectivity index (χ4n) is 16.1. The molecule has 0 fully saturated rings. The molecule has 5 aromatic carbocycles. The van der Waals surface area contributed by atoms with Crippen LogP contribution >= 0.6 is 0 Å². The lowest BCUT2D eigenvalue weighted by Gasteiger charge is -2.39. The van der Waals surface area contributed by atoms with Gasteiger partial charge in [0.05, 0.1) is 101 Å². The van der Waals surface area contributed by atoms with Crippen LogP contribution in [-0.2, 0) is 56.5 Å². The lowest BCUT2D eigenvalue weighted by atomic mass is 9.79. The Hall–Kier alpha value is -14.0. The number of hydrogen-bond acceptors (Lipinski definition) is 19. The first-order chi connectivity index (χ1) is 54.6. The number of nitrogens with one attached hydrogen (secondary N) is 10. The Bertz CT molecular complexity index is 6520. The minimum Gasteiger partial charge on any atom is -0.390 e. The Kier molecular flexibility index (Phi) is 16.5. The van der Waals surface area contributed by atoms with Crippen LogP contribution in [0.25, 0.3) is 66.6 Å². The number of aromatic nitrogens is 22. The van der Waals surface area contributed by atoms with Crippen LogP contribution in [0.3, 0.4) is 0 Å². The van der Waals surface area contributed by atoms with Crippen LogP contribution in [0.2, 0.25) is 0 Å². The molecule has 3 unspecified atom stereocenters. The topological polar surface area (TPSA) is 373 Å². The monoisotopic (exact) mass is 1500 g/mol. The summed E-state index contributed by atoms with van der Waals surface area (Å²) in [5.74, 6) is 2.59. The first-order valence-corrected chi connectivity index (χ1v) is 36.2. The van der Waals surface area contributed by atoms with Crippen molar-refractivity contribution in [1.82, 2.24) is 126 Å². The van der Waals surface area contributed by atoms with Crippen molar-refractivity contribution in [2.24, 2.45) is 14.1 Å². The highest BCUT2D eigenvalue weighted by Crippen LogP contribution is 2.50. The molecule has 112 heavy (non-hydrogen) atoms. The largest absolute Gasteiger partial charge is 0.434 e. The summed E-state index contributed by atoms with van der Waals surface area (Å²) in [6.45, 7) is 6.32. The second kappa shape index (κ2) is 27.0. The molecule has 0 amide bonds. The molecule has 16 heterocycles. The minimum atomic E-state index is -1.16. The van der Waals surface area contributed by atoms with E-state index in [1.165, 1.54) is 36.5 Å². The van der Waals surface area contributed by atoms with Gasteiger partial charge in [-0.3, -0.25) is 35.0 Å². The third kappa shape index (κ3) is 11.6. The van der Waals surface area contributed by atoms with Crippen molar-refractivity contribution in [1.29, 1.82) is 0 Å². The van der Waals surface area contributed by atoms with E-state index in [0.717, 1.165) is 124 Å². The molecule has 29 nitrogen and oxygen atoms in total. The van der Waals surface area contributed by atoms with E-state index < -0.39 is 22.4 Å². The zero-order valence-electron chi connectivity index (χ0n) is 60.5. The highest BCUT2D eigenvalue weighted by molar-refractivity contribution is 5.88. The van der Waals surface area contributed by atoms with Crippen LogP contribution in [-0.4, -0.2) is 110 Å². The van der Waals surface area contributed by atoms with E-state index in [9.17, 15) is 18.0 Å². The molecule has 18 aromatic rings. The van der Waals surface area contributed by atoms with E-state index in [1.54, 1.807) is 78.3 Å². The molecule has 13 aromatic heterocycles. The van der Waals surface area contributed by atoms with Crippen LogP contribution in [0.1, 0.15) is 122 Å². The molecule has 21 rings (SSSR count). The third-order valence-electron chi connectivity index (χ3n) is 21.2. The van der Waals surface area contributed by atoms with Gasteiger partial charge >= 0.3 is 5.76 Å². The lowest BCUT2D eigenvalue weighted by molar-refractivity contribution is 0.284. The average molecular weight is 1500 g/mol. The molecule has 558 valence electrons. The Morgan fingerprint density at radius 1 is 0.464 bits per heavy atom. The lowest BCUT2D eigenvalue weighted by Crippen LogP contribution is -2.51. The van der Waals surface area contributed by atoms with Crippen molar-refractivity contribution in [2.45, 2.75) is 81.3 Å². The van der Waals surface area contributed by atoms with E-state index in [0.29, 0.717) is 59.9 Å². The number of pyridine rings is 1. The van der Waals surface area contributed by atoms with Gasteiger partial charge in [0.1, 0.15) is 34.9 Å². The smallest absolute Gasteiger partial charge is 0.390 e. The third-order valence-corrected chi connectivity index (χ3v) is 21.2. The Morgan fingerprint density at radius 2 is 0.884 bits per heavy atom. The van der Waals surface area contributed by atoms with E-state index >= 15 is 0 Å². The molecule has 0 aliphatic carbocycles. The number of para-hydroxylation sites is 3. The molecule has 0 saturated carbocycles. The highest BCUT2D eigenvalue weighted by atomic mass is 19.1. The van der Waals surface area contributed by atoms with Crippen molar-refractivity contribution >= 4 is 32.7 Å². The number of fused-ring (bicyclic) bond motifs is 9. The van der Waals surface area contributed by atoms with Gasteiger partial charge in [-0.2, -0.15) is 25.3 Å². The molecular weight excluding hydrogens is 1430 g/mol. The standard InChI is InChI=1S/C27H24FN9O.C27H23FN8O.C26H21FN8O2/c1-3-37-14-16(11-31-37)27(26-32-15(2)38-36-26)24-19(18-6-4-5-7-20(18)33-24)10-22(35-27)25-30-13-23(34-25)21-9-8-17(28)12-29-21;1-15-31-26(35-37-15)27(17-12-30-36(2)14-17)24-20(19-5-3-4-6-21(19)32-24)11-22(34-27)25-29-13-23(33-25)16-7-9-18(28)10-8-16;1-35-13-15(11-29-35)26(24-33-34-25(36)37-24)22-18(17-4-2-3-5-19(17)30-22)10-20(32-26)23-28-12-21(31-23)14-6-8-16(27)9-7-14/h4-9,11-14,22,33,35H,3,10H2,1-2H3,(H,30,34);3-10,12-14,22,32,34H,11H2,1-2H3,(H,29,33);2-9,11-13,20,30,32H,10H2,1H3,(H,28,31)(H,34,36)/t2*22-,27?;20-,26?/m111/s1. The number of H-pyrrole nitrogens is 7. The van der Waals surface area contributed by atoms with Crippen molar-refractivity contribution in [3.63, 3.8) is 0 Å². The van der Waals surface area contributed by atoms with Crippen LogP contribution in [0.15, 0.2) is 214 Å². The maximum Gasteiger partial charge on any atom is 0.434 e. The summed E-state index contributed by atoms with van der Waals surface area (Å²) >= 11 is 0. The first kappa shape index (κ1) is 68.5. The maximum absolute atomic E-state index is 13.5. The number of hydrogen-bond donors (Lipinski definition) is 10. The zero-order chi connectivity index (χ0) is 76.2. The van der Waals surface area contributed by atoms with Gasteiger partial charge in [0.2, 0.25) is 29.3 Å². The highest BCUT2D eigenvalue weighted by Gasteiger charge is 2.54. The zero-order valence-corrected chi connectivity index (χ0v) is 60.5. The van der Waals surface area contributed by atoms with E-state index in [1.807, 2.05) is 99.1 Å². The number of nitrogens with zero attached hydrogens (tertiary/aromatic N) is 15. The van der Waals surface area contributed by atoms with Gasteiger partial charge in [-0.15, -0.1) is 5.10 Å². The van der Waals surface area contributed by atoms with Gasteiger partial charge in [0.25, 0.3) is 0 Å². The molecule has 0 saturated heterocycles. The second-order valence-electron chi connectivity index (χ2n) is 28.0. The van der Waals surface area contributed by atoms with Gasteiger partial charge in [0, 0.05) is 102 Å². The second-order valence-corrected chi connectivity index (χ2v) is 28.0. The van der Waals surface area contributed by atoms with Gasteiger partial charge in [0.15, 0.2) is 16.6 Å². The van der Waals surface area contributed by atoms with Gasteiger partial charge in [-0.1, -0.05) is 64.9 Å². The van der Waals surface area contributed by atoms with Gasteiger partial charge in [-0.05, 0) is 133 Å². The molecule has 0 spiro atoms. The van der Waals surface area contributed by atoms with E-state index in [2.05, 4.69) is 127 Å². The van der Waals surface area contributed by atoms with E-state index in [-0.39, 0.29) is 41.5 Å². The molecule has 3 aliphatic heterocycles. The molecule has 0 bridgehead atoms. The number of aryl methyl sites for hydroxylation is 5. The van der Waals surface area contributed by atoms with Crippen LogP contribution in [0.4, 0.5) is 13.2 Å². The number of imidazole rings is 3. The van der Waals surface area contributed by atoms with Crippen LogP contribution < -0.4 is 21.7 Å². The number of aromatic amines is 7. The number of rotatable bonds is 13. The predicted molar refractivity (Wildman–Crippen MR) is 403 cm³/mol. The normalized spacial score (nSPS) is 19.3. The van der Waals surface area contributed by atoms with Crippen molar-refractivity contribution < 1.29 is 26.6 Å². The fraction of sp³-hybridized carbons (Fsp3) is 0.188. The van der Waals surface area contributed by atoms with E-state index in [4.69, 9.17) is 28.4 Å². The predicted octanol–water partition coefficient (Wildman–Crippen LogP) is 11.8. The van der Waals surface area contributed by atoms with Gasteiger partial charge in [-0.25, -0.2) is 38.0 Å². The number of halogens is 3. The van der Waals surface area contributed by atoms with Crippen molar-refractivity contribution in [3.05, 3.63) is 321 Å². The Labute approximate surface area is 632 Å². The Balaban J connectivity index is 0.000000113. The number of benzene rings is 5. The first-order valence-electron chi connectivity index (χ1n) is 36.2. The summed E-state index contributed by atoms with van der Waals surface area (Å²) in [6.07, 6.45) is 19.6. The quantitative estimate of drug-likeness (QED) is 0.0512. The maximum atomic E-state index is 13.5. The molecule has 3 aliphatic rings. The average Bonchev–Trinajstić information content (AvgIpc) is 1.55. The summed E-state index contributed by atoms with van der Waals surface area (Å²) in [5.41, 5.74) is 13.0. The van der Waals surface area contributed by atoms with Crippen LogP contribution in [0.5, 0.6) is 0 Å². The summed E-state index contributed by atoms with van der Waals surface area (Å²) < 4.78 is 62.3. The summed E-state index contributed by atoms with van der Waals surface area (Å²) in [6, 6.07) is 39.3. The molecule has 6 atom stereocenters. The summed E-state index contributed by atoms with van der Waals surface area (Å²) in [4.78, 5) is 60.9. The van der Waals surface area contributed by atoms with Gasteiger partial charge < -0.3 is 43.4 Å². The molecule has 0 radical (unpaired) electrons. The summed E-state index contributed by atoms with van der Waals surface area (Å²) in [5, 5.41) is 43.5. The Morgan fingerprint density at radius 3 is 1.29 bits per heavy atom. The van der Waals surface area contributed by atoms with Crippen LogP contribution in [0, 0.1) is 31.3 Å². The minimum absolute atomic E-state index is 0.160.